The second-order valence-corrected chi connectivity index (χ2v) is 7.07. The van der Waals surface area contributed by atoms with E-state index in [4.69, 9.17) is 0 Å². The Morgan fingerprint density at radius 2 is 1.64 bits per heavy atom. The number of nitrogens with one attached hydrogen (secondary N) is 1. The van der Waals surface area contributed by atoms with Crippen molar-refractivity contribution in [3.05, 3.63) is 0 Å². The Balaban J connectivity index is 2.96. The van der Waals surface area contributed by atoms with Gasteiger partial charge in [0.25, 0.3) is 0 Å². The first-order valence-electron chi connectivity index (χ1n) is 3.03. The summed E-state index contributed by atoms with van der Waals surface area (Å²) in [5.41, 5.74) is 0. The van der Waals surface area contributed by atoms with Gasteiger partial charge in [-0.2, -0.15) is 0 Å². The lowest BCUT2D eigenvalue weighted by Crippen LogP contribution is -2.22. The number of hydrogen-bond acceptors (Lipinski definition) is 5. The Morgan fingerprint density at radius 3 is 2.27 bits per heavy atom. The normalized spacial score (nSPS) is 29.1. The summed E-state index contributed by atoms with van der Waals surface area (Å²) in [5.74, 6) is -0.321. The summed E-state index contributed by atoms with van der Waals surface area (Å²) >= 11 is 0. The third kappa shape index (κ3) is 2.76. The maximum Gasteiger partial charge on any atom is 0.177 e. The van der Waals surface area contributed by atoms with Gasteiger partial charge in [-0.3, -0.25) is 0 Å². The summed E-state index contributed by atoms with van der Waals surface area (Å²) in [6, 6.07) is 0. The molecular weight excluding hydrogens is 190 g/mol. The van der Waals surface area contributed by atoms with Crippen molar-refractivity contribution in [1.82, 2.24) is 5.32 Å². The van der Waals surface area contributed by atoms with Gasteiger partial charge >= 0.3 is 0 Å². The molecule has 11 heavy (non-hydrogen) atoms. The summed E-state index contributed by atoms with van der Waals surface area (Å²) in [7, 11) is -6.80. The Labute approximate surface area is 65.6 Å². The van der Waals surface area contributed by atoms with E-state index in [1.54, 1.807) is 0 Å². The van der Waals surface area contributed by atoms with E-state index in [0.717, 1.165) is 0 Å². The smallest absolute Gasteiger partial charge is 0.177 e. The van der Waals surface area contributed by atoms with Crippen molar-refractivity contribution in [2.45, 2.75) is 0 Å². The zero-order valence-corrected chi connectivity index (χ0v) is 7.41. The molecule has 7 heteroatoms. The summed E-state index contributed by atoms with van der Waals surface area (Å²) < 4.78 is 43.4. The first-order valence-corrected chi connectivity index (χ1v) is 6.67. The van der Waals surface area contributed by atoms with Crippen molar-refractivity contribution >= 4 is 19.7 Å². The van der Waals surface area contributed by atoms with Crippen molar-refractivity contribution in [3.8, 4) is 0 Å². The standard InChI is InChI=1S/C4H9NO4S2/c6-10(7)2-1-5-3-11(8,9)4-10/h5H,1-4H2. The SMILES string of the molecule is O=S1(=O)CCNCS(=O)(=O)C1. The Hall–Kier alpha value is -0.140. The van der Waals surface area contributed by atoms with Crippen molar-refractivity contribution in [2.24, 2.45) is 0 Å². The molecule has 0 atom stereocenters. The van der Waals surface area contributed by atoms with E-state index in [2.05, 4.69) is 5.32 Å². The highest BCUT2D eigenvalue weighted by Gasteiger charge is 2.24. The Bertz CT molecular complexity index is 293. The van der Waals surface area contributed by atoms with E-state index in [1.807, 2.05) is 0 Å². The monoisotopic (exact) mass is 199 g/mol. The molecule has 0 bridgehead atoms. The van der Waals surface area contributed by atoms with Crippen LogP contribution in [0.3, 0.4) is 0 Å². The van der Waals surface area contributed by atoms with Crippen LogP contribution >= 0.6 is 0 Å². The molecule has 0 radical (unpaired) electrons. The third-order valence-corrected chi connectivity index (χ3v) is 5.61. The summed E-state index contributed by atoms with van der Waals surface area (Å²) in [5, 5.41) is 1.81. The van der Waals surface area contributed by atoms with Crippen LogP contribution in [-0.4, -0.2) is 40.1 Å². The van der Waals surface area contributed by atoms with Crippen LogP contribution < -0.4 is 5.32 Å². The van der Waals surface area contributed by atoms with Gasteiger partial charge in [-0.1, -0.05) is 0 Å². The van der Waals surface area contributed by atoms with E-state index < -0.39 is 24.8 Å². The maximum atomic E-state index is 10.9. The highest BCUT2D eigenvalue weighted by Crippen LogP contribution is 2.00. The van der Waals surface area contributed by atoms with Crippen molar-refractivity contribution in [1.29, 1.82) is 0 Å². The van der Waals surface area contributed by atoms with Crippen molar-refractivity contribution in [3.63, 3.8) is 0 Å². The molecule has 0 aromatic rings. The van der Waals surface area contributed by atoms with Crippen LogP contribution in [0.2, 0.25) is 0 Å². The molecule has 1 N–H and O–H groups in total. The van der Waals surface area contributed by atoms with E-state index in [9.17, 15) is 16.8 Å². The van der Waals surface area contributed by atoms with Crippen molar-refractivity contribution < 1.29 is 16.8 Å². The van der Waals surface area contributed by atoms with Gasteiger partial charge in [-0.25, -0.2) is 16.8 Å². The lowest BCUT2D eigenvalue weighted by Gasteiger charge is -1.95. The zero-order valence-electron chi connectivity index (χ0n) is 5.78. The molecular formula is C4H9NO4S2. The Morgan fingerprint density at radius 1 is 1.00 bits per heavy atom. The predicted octanol–water partition coefficient (Wildman–Crippen LogP) is -1.67. The second-order valence-electron chi connectivity index (χ2n) is 2.45. The fourth-order valence-corrected chi connectivity index (χ4v) is 4.73. The molecule has 0 aliphatic carbocycles. The molecule has 1 rings (SSSR count). The first kappa shape index (κ1) is 8.95. The topological polar surface area (TPSA) is 80.3 Å². The first-order chi connectivity index (χ1) is 4.91. The van der Waals surface area contributed by atoms with Gasteiger partial charge in [0.15, 0.2) is 24.8 Å². The van der Waals surface area contributed by atoms with Gasteiger partial charge in [0.05, 0.1) is 5.75 Å². The van der Waals surface area contributed by atoms with E-state index in [0.29, 0.717) is 0 Å². The number of sulfone groups is 2. The predicted molar refractivity (Wildman–Crippen MR) is 40.4 cm³/mol. The van der Waals surface area contributed by atoms with Crippen LogP contribution in [0.1, 0.15) is 0 Å². The van der Waals surface area contributed by atoms with E-state index >= 15 is 0 Å². The molecule has 1 heterocycles. The molecule has 1 saturated heterocycles. The molecule has 1 aliphatic rings. The second kappa shape index (κ2) is 2.72. The highest BCUT2D eigenvalue weighted by molar-refractivity contribution is 8.08. The molecule has 1 fully saturated rings. The minimum atomic E-state index is -3.43. The van der Waals surface area contributed by atoms with Gasteiger partial charge < -0.3 is 5.32 Å². The zero-order chi connectivity index (χ0) is 8.54. The molecule has 0 unspecified atom stereocenters. The van der Waals surface area contributed by atoms with Crippen LogP contribution in [-0.2, 0) is 19.7 Å². The van der Waals surface area contributed by atoms with Crippen LogP contribution in [0.15, 0.2) is 0 Å². The molecule has 1 aliphatic heterocycles. The van der Waals surface area contributed by atoms with Gasteiger partial charge in [0.1, 0.15) is 5.88 Å². The molecule has 0 amide bonds. The largest absolute Gasteiger partial charge is 0.303 e. The highest BCUT2D eigenvalue weighted by atomic mass is 32.3. The molecule has 0 aromatic carbocycles. The van der Waals surface area contributed by atoms with E-state index in [-0.39, 0.29) is 18.2 Å². The maximum absolute atomic E-state index is 10.9. The lowest BCUT2D eigenvalue weighted by atomic mass is 10.8. The number of hydrogen-bond donors (Lipinski definition) is 1. The quantitative estimate of drug-likeness (QED) is 0.505. The molecule has 0 spiro atoms. The summed E-state index contributed by atoms with van der Waals surface area (Å²) in [4.78, 5) is 0. The minimum absolute atomic E-state index is 0.0910. The summed E-state index contributed by atoms with van der Waals surface area (Å²) in [6.07, 6.45) is 0. The molecule has 66 valence electrons. The van der Waals surface area contributed by atoms with Gasteiger partial charge in [0.2, 0.25) is 0 Å². The van der Waals surface area contributed by atoms with Crippen LogP contribution in [0.5, 0.6) is 0 Å². The Kier molecular flexibility index (Phi) is 2.22. The van der Waals surface area contributed by atoms with Gasteiger partial charge in [-0.05, 0) is 0 Å². The third-order valence-electron chi connectivity index (χ3n) is 1.27. The minimum Gasteiger partial charge on any atom is -0.303 e. The average molecular weight is 199 g/mol. The number of rotatable bonds is 0. The average Bonchev–Trinajstić information content (AvgIpc) is 1.86. The van der Waals surface area contributed by atoms with Crippen LogP contribution in [0.4, 0.5) is 0 Å². The molecule has 0 aromatic heterocycles. The molecule has 5 nitrogen and oxygen atoms in total. The fraction of sp³-hybridized carbons (Fsp3) is 1.00. The van der Waals surface area contributed by atoms with Crippen LogP contribution in [0.25, 0.3) is 0 Å². The van der Waals surface area contributed by atoms with Gasteiger partial charge in [-0.15, -0.1) is 0 Å². The lowest BCUT2D eigenvalue weighted by molar-refractivity contribution is 0.591. The summed E-state index contributed by atoms with van der Waals surface area (Å²) in [6.45, 7) is 0.224. The van der Waals surface area contributed by atoms with Gasteiger partial charge in [0, 0.05) is 6.54 Å². The van der Waals surface area contributed by atoms with Crippen molar-refractivity contribution in [2.75, 3.05) is 23.3 Å². The molecule has 0 saturated carbocycles. The van der Waals surface area contributed by atoms with E-state index in [1.165, 1.54) is 0 Å². The van der Waals surface area contributed by atoms with Crippen LogP contribution in [0, 0.1) is 0 Å². The fourth-order valence-electron chi connectivity index (χ4n) is 0.830.